The van der Waals surface area contributed by atoms with Gasteiger partial charge in [-0.2, -0.15) is 0 Å². The molecule has 0 radical (unpaired) electrons. The quantitative estimate of drug-likeness (QED) is 0.923. The van der Waals surface area contributed by atoms with Gasteiger partial charge in [0, 0.05) is 19.3 Å². The van der Waals surface area contributed by atoms with E-state index in [9.17, 15) is 4.79 Å². The molecular weight excluding hydrogens is 252 g/mol. The predicted molar refractivity (Wildman–Crippen MR) is 75.2 cm³/mol. The second-order valence-corrected chi connectivity index (χ2v) is 5.06. The summed E-state index contributed by atoms with van der Waals surface area (Å²) in [4.78, 5) is 17.6. The summed E-state index contributed by atoms with van der Waals surface area (Å²) in [7, 11) is 0. The molecule has 1 unspecified atom stereocenters. The number of benzene rings is 1. The van der Waals surface area contributed by atoms with Gasteiger partial charge in [0.1, 0.15) is 0 Å². The van der Waals surface area contributed by atoms with Gasteiger partial charge in [-0.3, -0.25) is 14.7 Å². The molecule has 1 N–H and O–H groups in total. The number of likely N-dealkylation sites (tertiary alicyclic amines) is 1. The highest BCUT2D eigenvalue weighted by Gasteiger charge is 2.38. The van der Waals surface area contributed by atoms with Crippen LogP contribution in [-0.4, -0.2) is 34.0 Å². The molecule has 4 heteroatoms. The summed E-state index contributed by atoms with van der Waals surface area (Å²) in [5.74, 6) is -0.973. The van der Waals surface area contributed by atoms with Crippen LogP contribution in [0, 0.1) is 5.92 Å². The number of aromatic nitrogens is 1. The minimum Gasteiger partial charge on any atom is -0.481 e. The van der Waals surface area contributed by atoms with Crippen molar-refractivity contribution in [2.45, 2.75) is 6.04 Å². The average Bonchev–Trinajstić information content (AvgIpc) is 2.43. The van der Waals surface area contributed by atoms with E-state index in [0.717, 1.165) is 11.3 Å². The van der Waals surface area contributed by atoms with Gasteiger partial charge in [0.2, 0.25) is 0 Å². The average molecular weight is 268 g/mol. The fourth-order valence-corrected chi connectivity index (χ4v) is 2.62. The molecule has 0 aliphatic carbocycles. The Kier molecular flexibility index (Phi) is 3.48. The van der Waals surface area contributed by atoms with Crippen LogP contribution < -0.4 is 0 Å². The SMILES string of the molecule is O=C(O)C1CN(C(c2ccccc2)c2ccccn2)C1. The third kappa shape index (κ3) is 2.42. The van der Waals surface area contributed by atoms with Crippen LogP contribution in [-0.2, 0) is 4.79 Å². The van der Waals surface area contributed by atoms with Crippen molar-refractivity contribution in [1.82, 2.24) is 9.88 Å². The number of carboxylic acid groups (broad SMARTS) is 1. The highest BCUT2D eigenvalue weighted by molar-refractivity contribution is 5.71. The van der Waals surface area contributed by atoms with Gasteiger partial charge in [0.05, 0.1) is 17.7 Å². The molecule has 3 rings (SSSR count). The van der Waals surface area contributed by atoms with E-state index in [1.807, 2.05) is 36.4 Å². The van der Waals surface area contributed by atoms with Crippen molar-refractivity contribution in [3.63, 3.8) is 0 Å². The number of carboxylic acids is 1. The minimum absolute atomic E-state index is 0.0352. The molecule has 2 heterocycles. The van der Waals surface area contributed by atoms with Gasteiger partial charge < -0.3 is 5.11 Å². The van der Waals surface area contributed by atoms with E-state index in [4.69, 9.17) is 5.11 Å². The monoisotopic (exact) mass is 268 g/mol. The lowest BCUT2D eigenvalue weighted by atomic mass is 9.92. The Labute approximate surface area is 117 Å². The summed E-state index contributed by atoms with van der Waals surface area (Å²) in [5.41, 5.74) is 2.11. The van der Waals surface area contributed by atoms with Crippen molar-refractivity contribution in [3.05, 3.63) is 66.0 Å². The molecule has 0 amide bonds. The van der Waals surface area contributed by atoms with E-state index in [1.165, 1.54) is 0 Å². The van der Waals surface area contributed by atoms with E-state index < -0.39 is 5.97 Å². The van der Waals surface area contributed by atoms with E-state index in [2.05, 4.69) is 22.0 Å². The molecule has 2 aromatic rings. The highest BCUT2D eigenvalue weighted by atomic mass is 16.4. The molecule has 1 aromatic heterocycles. The largest absolute Gasteiger partial charge is 0.481 e. The van der Waals surface area contributed by atoms with Crippen LogP contribution in [0.1, 0.15) is 17.3 Å². The maximum absolute atomic E-state index is 11.0. The fraction of sp³-hybridized carbons (Fsp3) is 0.250. The number of rotatable bonds is 4. The van der Waals surface area contributed by atoms with Crippen LogP contribution in [0.15, 0.2) is 54.7 Å². The molecule has 102 valence electrons. The Balaban J connectivity index is 1.88. The lowest BCUT2D eigenvalue weighted by molar-refractivity contribution is -0.148. The Morgan fingerprint density at radius 2 is 1.85 bits per heavy atom. The van der Waals surface area contributed by atoms with Crippen molar-refractivity contribution in [2.75, 3.05) is 13.1 Å². The topological polar surface area (TPSA) is 53.4 Å². The van der Waals surface area contributed by atoms with Crippen molar-refractivity contribution in [2.24, 2.45) is 5.92 Å². The van der Waals surface area contributed by atoms with Crippen molar-refractivity contribution < 1.29 is 9.90 Å². The zero-order valence-electron chi connectivity index (χ0n) is 11.0. The molecule has 1 aliphatic rings. The lowest BCUT2D eigenvalue weighted by Gasteiger charge is -2.42. The smallest absolute Gasteiger partial charge is 0.309 e. The molecule has 4 nitrogen and oxygen atoms in total. The van der Waals surface area contributed by atoms with Crippen molar-refractivity contribution in [3.8, 4) is 0 Å². The standard InChI is InChI=1S/C16H16N2O2/c19-16(20)13-10-18(11-13)15(12-6-2-1-3-7-12)14-8-4-5-9-17-14/h1-9,13,15H,10-11H2,(H,19,20). The normalized spacial score (nSPS) is 17.4. The summed E-state index contributed by atoms with van der Waals surface area (Å²) in [6.45, 7) is 1.15. The molecule has 1 aliphatic heterocycles. The van der Waals surface area contributed by atoms with Crippen LogP contribution in [0.2, 0.25) is 0 Å². The summed E-state index contributed by atoms with van der Waals surface area (Å²) >= 11 is 0. The highest BCUT2D eigenvalue weighted by Crippen LogP contribution is 2.33. The third-order valence-corrected chi connectivity index (χ3v) is 3.71. The van der Waals surface area contributed by atoms with Crippen LogP contribution in [0.25, 0.3) is 0 Å². The fourth-order valence-electron chi connectivity index (χ4n) is 2.62. The first kappa shape index (κ1) is 12.8. The van der Waals surface area contributed by atoms with Crippen molar-refractivity contribution in [1.29, 1.82) is 0 Å². The lowest BCUT2D eigenvalue weighted by Crippen LogP contribution is -2.52. The Bertz CT molecular complexity index is 540. The number of hydrogen-bond acceptors (Lipinski definition) is 3. The summed E-state index contributed by atoms with van der Waals surface area (Å²) in [6.07, 6.45) is 1.78. The predicted octanol–water partition coefficient (Wildman–Crippen LogP) is 2.19. The zero-order valence-corrected chi connectivity index (χ0v) is 11.0. The maximum atomic E-state index is 11.0. The molecular formula is C16H16N2O2. The van der Waals surface area contributed by atoms with Gasteiger partial charge in [-0.25, -0.2) is 0 Å². The molecule has 1 saturated heterocycles. The van der Waals surface area contributed by atoms with Crippen LogP contribution in [0.4, 0.5) is 0 Å². The van der Waals surface area contributed by atoms with E-state index in [1.54, 1.807) is 6.20 Å². The first-order chi connectivity index (χ1) is 9.75. The van der Waals surface area contributed by atoms with Crippen LogP contribution in [0.3, 0.4) is 0 Å². The first-order valence-electron chi connectivity index (χ1n) is 6.68. The number of nitrogens with zero attached hydrogens (tertiary/aromatic N) is 2. The summed E-state index contributed by atoms with van der Waals surface area (Å²) in [5, 5.41) is 9.03. The van der Waals surface area contributed by atoms with Gasteiger partial charge >= 0.3 is 5.97 Å². The number of pyridine rings is 1. The maximum Gasteiger partial charge on any atom is 0.309 e. The summed E-state index contributed by atoms with van der Waals surface area (Å²) in [6, 6.07) is 16.0. The van der Waals surface area contributed by atoms with Gasteiger partial charge in [-0.15, -0.1) is 0 Å². The molecule has 0 saturated carbocycles. The van der Waals surface area contributed by atoms with Gasteiger partial charge in [0.15, 0.2) is 0 Å². The molecule has 1 fully saturated rings. The number of hydrogen-bond donors (Lipinski definition) is 1. The Morgan fingerprint density at radius 1 is 1.15 bits per heavy atom. The van der Waals surface area contributed by atoms with Crippen LogP contribution in [0.5, 0.6) is 0 Å². The molecule has 1 atom stereocenters. The van der Waals surface area contributed by atoms with Gasteiger partial charge in [-0.05, 0) is 17.7 Å². The molecule has 0 bridgehead atoms. The molecule has 20 heavy (non-hydrogen) atoms. The third-order valence-electron chi connectivity index (χ3n) is 3.71. The molecule has 1 aromatic carbocycles. The second-order valence-electron chi connectivity index (χ2n) is 5.06. The zero-order chi connectivity index (χ0) is 13.9. The Hall–Kier alpha value is -2.20. The van der Waals surface area contributed by atoms with E-state index in [-0.39, 0.29) is 12.0 Å². The van der Waals surface area contributed by atoms with E-state index >= 15 is 0 Å². The van der Waals surface area contributed by atoms with Crippen molar-refractivity contribution >= 4 is 5.97 Å². The van der Waals surface area contributed by atoms with E-state index in [0.29, 0.717) is 13.1 Å². The molecule has 0 spiro atoms. The number of carbonyl (C=O) groups is 1. The van der Waals surface area contributed by atoms with Gasteiger partial charge in [-0.1, -0.05) is 36.4 Å². The van der Waals surface area contributed by atoms with Gasteiger partial charge in [0.25, 0.3) is 0 Å². The minimum atomic E-state index is -0.714. The second kappa shape index (κ2) is 5.43. The number of aliphatic carboxylic acids is 1. The van der Waals surface area contributed by atoms with Crippen LogP contribution >= 0.6 is 0 Å². The first-order valence-corrected chi connectivity index (χ1v) is 6.68. The summed E-state index contributed by atoms with van der Waals surface area (Å²) < 4.78 is 0. The Morgan fingerprint density at radius 3 is 2.45 bits per heavy atom.